The number of hydrogen-bond donors (Lipinski definition) is 0. The number of rotatable bonds is 53. The highest BCUT2D eigenvalue weighted by Crippen LogP contribution is 2.15. The third kappa shape index (κ3) is 57.1. The van der Waals surface area contributed by atoms with Gasteiger partial charge in [-0.05, 0) is 103 Å². The maximum Gasteiger partial charge on any atom is 0.306 e. The number of carbonyl (C=O) groups is 3. The van der Waals surface area contributed by atoms with Crippen molar-refractivity contribution >= 4 is 17.9 Å². The van der Waals surface area contributed by atoms with Crippen molar-refractivity contribution in [3.05, 3.63) is 97.2 Å². The van der Waals surface area contributed by atoms with Crippen LogP contribution in [0.2, 0.25) is 0 Å². The van der Waals surface area contributed by atoms with Gasteiger partial charge in [0.15, 0.2) is 6.10 Å². The van der Waals surface area contributed by atoms with Gasteiger partial charge in [-0.25, -0.2) is 0 Å². The van der Waals surface area contributed by atoms with Crippen LogP contribution in [0.5, 0.6) is 0 Å². The van der Waals surface area contributed by atoms with E-state index in [1.165, 1.54) is 116 Å². The van der Waals surface area contributed by atoms with Gasteiger partial charge in [0.05, 0.1) is 0 Å². The Morgan fingerprint density at radius 3 is 0.887 bits per heavy atom. The fourth-order valence-corrected chi connectivity index (χ4v) is 8.12. The summed E-state index contributed by atoms with van der Waals surface area (Å²) in [7, 11) is 0. The standard InChI is InChI=1S/C65H110O6/c1-4-7-10-13-16-19-22-25-27-29-30-31-32-33-34-35-36-37-39-40-43-46-49-52-55-58-64(67)70-61-62(60-69-63(66)57-54-51-48-45-42-24-21-18-15-12-9-6-3)71-65(68)59-56-53-50-47-44-41-38-28-26-23-20-17-14-11-8-5-2/h7,10,16,19,25,27-28,30-31,33-34,36-38,40,43,62H,4-6,8-9,11-15,17-18,20-24,26,29,32,35,39,41-42,44-61H2,1-3H3/b10-7-,19-16-,27-25-,31-30-,34-33-,37-36-,38-28-,43-40-. The van der Waals surface area contributed by atoms with E-state index < -0.39 is 6.10 Å². The van der Waals surface area contributed by atoms with Gasteiger partial charge >= 0.3 is 17.9 Å². The summed E-state index contributed by atoms with van der Waals surface area (Å²) in [6.07, 6.45) is 78.3. The molecule has 0 saturated heterocycles. The number of unbranched alkanes of at least 4 members (excludes halogenated alkanes) is 26. The molecule has 0 radical (unpaired) electrons. The summed E-state index contributed by atoms with van der Waals surface area (Å²) in [6, 6.07) is 0. The second-order valence-electron chi connectivity index (χ2n) is 19.5. The van der Waals surface area contributed by atoms with Crippen molar-refractivity contribution in [1.29, 1.82) is 0 Å². The van der Waals surface area contributed by atoms with Crippen LogP contribution in [0.15, 0.2) is 97.2 Å². The average molecular weight is 988 g/mol. The smallest absolute Gasteiger partial charge is 0.306 e. The van der Waals surface area contributed by atoms with Gasteiger partial charge < -0.3 is 14.2 Å². The zero-order valence-electron chi connectivity index (χ0n) is 46.5. The summed E-state index contributed by atoms with van der Waals surface area (Å²) in [6.45, 7) is 6.50. The Bertz CT molecular complexity index is 1410. The Kier molecular flexibility index (Phi) is 55.9. The highest BCUT2D eigenvalue weighted by Gasteiger charge is 2.19. The van der Waals surface area contributed by atoms with Crippen molar-refractivity contribution in [2.45, 2.75) is 284 Å². The molecule has 1 atom stereocenters. The third-order valence-corrected chi connectivity index (χ3v) is 12.6. The van der Waals surface area contributed by atoms with E-state index in [2.05, 4.69) is 118 Å². The predicted molar refractivity (Wildman–Crippen MR) is 307 cm³/mol. The molecule has 0 bridgehead atoms. The van der Waals surface area contributed by atoms with Crippen LogP contribution in [0.1, 0.15) is 278 Å². The number of esters is 3. The van der Waals surface area contributed by atoms with Crippen LogP contribution in [-0.4, -0.2) is 37.2 Å². The van der Waals surface area contributed by atoms with Gasteiger partial charge in [-0.15, -0.1) is 0 Å². The van der Waals surface area contributed by atoms with Crippen LogP contribution >= 0.6 is 0 Å². The summed E-state index contributed by atoms with van der Waals surface area (Å²) in [5.74, 6) is -0.927. The maximum absolute atomic E-state index is 12.9. The number of ether oxygens (including phenoxy) is 3. The van der Waals surface area contributed by atoms with Crippen LogP contribution < -0.4 is 0 Å². The lowest BCUT2D eigenvalue weighted by molar-refractivity contribution is -0.167. The van der Waals surface area contributed by atoms with Gasteiger partial charge in [0.1, 0.15) is 13.2 Å². The molecule has 0 fully saturated rings. The molecule has 406 valence electrons. The largest absolute Gasteiger partial charge is 0.462 e. The van der Waals surface area contributed by atoms with Crippen molar-refractivity contribution in [3.8, 4) is 0 Å². The third-order valence-electron chi connectivity index (χ3n) is 12.6. The molecule has 0 aliphatic carbocycles. The molecule has 0 spiro atoms. The van der Waals surface area contributed by atoms with Crippen molar-refractivity contribution in [3.63, 3.8) is 0 Å². The molecule has 0 aromatic rings. The summed E-state index contributed by atoms with van der Waals surface area (Å²) in [5.41, 5.74) is 0. The summed E-state index contributed by atoms with van der Waals surface area (Å²) < 4.78 is 16.8. The second-order valence-corrected chi connectivity index (χ2v) is 19.5. The Labute approximate surface area is 438 Å². The minimum Gasteiger partial charge on any atom is -0.462 e. The van der Waals surface area contributed by atoms with Gasteiger partial charge in [0, 0.05) is 19.3 Å². The first-order chi connectivity index (χ1) is 35.0. The SMILES string of the molecule is CC/C=C\C/C=C\C/C=C\C/C=C\C/C=C\C/C=C\C/C=C\CCCCCC(=O)OCC(COC(=O)CCCCCCCCCCCCCC)OC(=O)CCCCCCC/C=C\CCCCCCCCC. The number of allylic oxidation sites excluding steroid dienone is 16. The maximum atomic E-state index is 12.9. The molecule has 71 heavy (non-hydrogen) atoms. The van der Waals surface area contributed by atoms with Crippen molar-refractivity contribution in [2.24, 2.45) is 0 Å². The molecule has 0 aliphatic heterocycles. The van der Waals surface area contributed by atoms with Crippen LogP contribution in [0.4, 0.5) is 0 Å². The van der Waals surface area contributed by atoms with E-state index >= 15 is 0 Å². The monoisotopic (exact) mass is 987 g/mol. The van der Waals surface area contributed by atoms with Gasteiger partial charge in [-0.2, -0.15) is 0 Å². The van der Waals surface area contributed by atoms with Crippen molar-refractivity contribution in [1.82, 2.24) is 0 Å². The van der Waals surface area contributed by atoms with E-state index in [1.54, 1.807) is 0 Å². The van der Waals surface area contributed by atoms with E-state index in [0.29, 0.717) is 19.3 Å². The molecule has 0 rings (SSSR count). The zero-order valence-corrected chi connectivity index (χ0v) is 46.5. The summed E-state index contributed by atoms with van der Waals surface area (Å²) in [5, 5.41) is 0. The second kappa shape index (κ2) is 58.9. The molecule has 0 amide bonds. The fourth-order valence-electron chi connectivity index (χ4n) is 8.12. The normalized spacial score (nSPS) is 12.8. The highest BCUT2D eigenvalue weighted by molar-refractivity contribution is 5.71. The van der Waals surface area contributed by atoms with Crippen LogP contribution in [0.3, 0.4) is 0 Å². The number of carbonyl (C=O) groups excluding carboxylic acids is 3. The van der Waals surface area contributed by atoms with E-state index in [1.807, 2.05) is 0 Å². The van der Waals surface area contributed by atoms with E-state index in [0.717, 1.165) is 122 Å². The van der Waals surface area contributed by atoms with Gasteiger partial charge in [-0.1, -0.05) is 253 Å². The number of hydrogen-bond acceptors (Lipinski definition) is 6. The van der Waals surface area contributed by atoms with Crippen LogP contribution in [0.25, 0.3) is 0 Å². The highest BCUT2D eigenvalue weighted by atomic mass is 16.6. The summed E-state index contributed by atoms with van der Waals surface area (Å²) >= 11 is 0. The quantitative estimate of drug-likeness (QED) is 0.0261. The molecule has 0 aromatic carbocycles. The minimum absolute atomic E-state index is 0.0898. The first kappa shape index (κ1) is 67.3. The Morgan fingerprint density at radius 1 is 0.296 bits per heavy atom. The lowest BCUT2D eigenvalue weighted by Crippen LogP contribution is -2.30. The predicted octanol–water partition coefficient (Wildman–Crippen LogP) is 20.1. The van der Waals surface area contributed by atoms with Gasteiger partial charge in [0.25, 0.3) is 0 Å². The molecule has 0 N–H and O–H groups in total. The molecule has 0 aliphatic rings. The molecule has 0 heterocycles. The van der Waals surface area contributed by atoms with Crippen molar-refractivity contribution in [2.75, 3.05) is 13.2 Å². The van der Waals surface area contributed by atoms with Crippen LogP contribution in [0, 0.1) is 0 Å². The molecule has 1 unspecified atom stereocenters. The van der Waals surface area contributed by atoms with Crippen molar-refractivity contribution < 1.29 is 28.6 Å². The summed E-state index contributed by atoms with van der Waals surface area (Å²) in [4.78, 5) is 38.2. The van der Waals surface area contributed by atoms with E-state index in [4.69, 9.17) is 14.2 Å². The Morgan fingerprint density at radius 2 is 0.549 bits per heavy atom. The molecule has 6 nitrogen and oxygen atoms in total. The topological polar surface area (TPSA) is 78.9 Å². The lowest BCUT2D eigenvalue weighted by atomic mass is 10.0. The molecular weight excluding hydrogens is 877 g/mol. The minimum atomic E-state index is -0.795. The lowest BCUT2D eigenvalue weighted by Gasteiger charge is -2.18. The Balaban J connectivity index is 4.41. The average Bonchev–Trinajstić information content (AvgIpc) is 3.37. The van der Waals surface area contributed by atoms with E-state index in [9.17, 15) is 14.4 Å². The first-order valence-corrected chi connectivity index (χ1v) is 29.7. The Hall–Kier alpha value is -3.67. The van der Waals surface area contributed by atoms with Gasteiger partial charge in [-0.3, -0.25) is 14.4 Å². The first-order valence-electron chi connectivity index (χ1n) is 29.7. The fraction of sp³-hybridized carbons (Fsp3) is 0.708. The molecular formula is C65H110O6. The molecule has 6 heteroatoms. The zero-order chi connectivity index (χ0) is 51.4. The van der Waals surface area contributed by atoms with Gasteiger partial charge in [0.2, 0.25) is 0 Å². The molecule has 0 aromatic heterocycles. The molecule has 0 saturated carbocycles. The van der Waals surface area contributed by atoms with Crippen LogP contribution in [-0.2, 0) is 28.6 Å². The van der Waals surface area contributed by atoms with E-state index in [-0.39, 0.29) is 31.1 Å².